The number of hydrogen-bond acceptors (Lipinski definition) is 5. The standard InChI is InChI=1S/C11H10Cl2N2O2S2/c1-2-19(16,17)10-9(15-11(14)18-10)7-4-3-6(12)5-8(7)13/h3-5H,2H2,1H3,(H2,14,15). The van der Waals surface area contributed by atoms with E-state index in [4.69, 9.17) is 28.9 Å². The Bertz CT molecular complexity index is 726. The minimum Gasteiger partial charge on any atom is -0.375 e. The van der Waals surface area contributed by atoms with Gasteiger partial charge in [-0.05, 0) is 18.2 Å². The molecule has 1 aromatic heterocycles. The lowest BCUT2D eigenvalue weighted by Crippen LogP contribution is -2.03. The zero-order chi connectivity index (χ0) is 14.2. The van der Waals surface area contributed by atoms with Gasteiger partial charge in [0.2, 0.25) is 0 Å². The van der Waals surface area contributed by atoms with Crippen LogP contribution in [-0.4, -0.2) is 19.2 Å². The molecular weight excluding hydrogens is 327 g/mol. The summed E-state index contributed by atoms with van der Waals surface area (Å²) in [6.07, 6.45) is 0. The summed E-state index contributed by atoms with van der Waals surface area (Å²) in [6, 6.07) is 4.80. The van der Waals surface area contributed by atoms with Crippen molar-refractivity contribution in [3.8, 4) is 11.3 Å². The van der Waals surface area contributed by atoms with Crippen LogP contribution in [-0.2, 0) is 9.84 Å². The highest BCUT2D eigenvalue weighted by Crippen LogP contribution is 2.38. The van der Waals surface area contributed by atoms with Crippen molar-refractivity contribution in [2.75, 3.05) is 11.5 Å². The Labute approximate surface area is 125 Å². The van der Waals surface area contributed by atoms with E-state index in [0.717, 1.165) is 11.3 Å². The molecule has 1 aromatic carbocycles. The summed E-state index contributed by atoms with van der Waals surface area (Å²) in [5, 5.41) is 0.996. The van der Waals surface area contributed by atoms with Gasteiger partial charge in [0.25, 0.3) is 0 Å². The fourth-order valence-corrected chi connectivity index (χ4v) is 4.42. The van der Waals surface area contributed by atoms with Gasteiger partial charge in [-0.15, -0.1) is 0 Å². The Balaban J connectivity index is 2.70. The van der Waals surface area contributed by atoms with Crippen LogP contribution in [0.3, 0.4) is 0 Å². The zero-order valence-corrected chi connectivity index (χ0v) is 13.0. The molecule has 2 N–H and O–H groups in total. The van der Waals surface area contributed by atoms with E-state index >= 15 is 0 Å². The van der Waals surface area contributed by atoms with Crippen molar-refractivity contribution in [3.05, 3.63) is 28.2 Å². The summed E-state index contributed by atoms with van der Waals surface area (Å²) in [5.74, 6) is -0.0210. The van der Waals surface area contributed by atoms with E-state index in [9.17, 15) is 8.42 Å². The third-order valence-electron chi connectivity index (χ3n) is 2.46. The summed E-state index contributed by atoms with van der Waals surface area (Å²) in [6.45, 7) is 1.57. The van der Waals surface area contributed by atoms with E-state index in [1.54, 1.807) is 19.1 Å². The van der Waals surface area contributed by atoms with Gasteiger partial charge in [0.15, 0.2) is 15.0 Å². The third-order valence-corrected chi connectivity index (χ3v) is 6.22. The number of hydrogen-bond donors (Lipinski definition) is 1. The van der Waals surface area contributed by atoms with Gasteiger partial charge in [0, 0.05) is 10.6 Å². The maximum Gasteiger partial charge on any atom is 0.189 e. The van der Waals surface area contributed by atoms with Crippen LogP contribution in [0.2, 0.25) is 10.0 Å². The van der Waals surface area contributed by atoms with Gasteiger partial charge in [-0.2, -0.15) is 0 Å². The van der Waals surface area contributed by atoms with Gasteiger partial charge in [-0.3, -0.25) is 0 Å². The molecule has 0 saturated heterocycles. The first-order valence-corrected chi connectivity index (χ1v) is 8.52. The average molecular weight is 337 g/mol. The van der Waals surface area contributed by atoms with E-state index in [1.807, 2.05) is 0 Å². The van der Waals surface area contributed by atoms with Crippen molar-refractivity contribution in [3.63, 3.8) is 0 Å². The molecule has 4 nitrogen and oxygen atoms in total. The number of aromatic nitrogens is 1. The van der Waals surface area contributed by atoms with Crippen molar-refractivity contribution in [2.45, 2.75) is 11.1 Å². The minimum absolute atomic E-state index is 0.0210. The summed E-state index contributed by atoms with van der Waals surface area (Å²) in [5.41, 5.74) is 6.41. The normalized spacial score (nSPS) is 11.7. The Morgan fingerprint density at radius 2 is 2.05 bits per heavy atom. The van der Waals surface area contributed by atoms with Crippen LogP contribution in [0.25, 0.3) is 11.3 Å². The van der Waals surface area contributed by atoms with Crippen molar-refractivity contribution < 1.29 is 8.42 Å². The van der Waals surface area contributed by atoms with Crippen LogP contribution < -0.4 is 5.73 Å². The second-order valence-corrected chi connectivity index (χ2v) is 8.06. The Morgan fingerprint density at radius 1 is 1.37 bits per heavy atom. The molecule has 2 rings (SSSR count). The first-order chi connectivity index (χ1) is 8.85. The maximum atomic E-state index is 12.0. The quantitative estimate of drug-likeness (QED) is 0.930. The first kappa shape index (κ1) is 14.6. The predicted molar refractivity (Wildman–Crippen MR) is 79.7 cm³/mol. The van der Waals surface area contributed by atoms with Crippen LogP contribution in [0.5, 0.6) is 0 Å². The molecule has 2 aromatic rings. The molecule has 0 fully saturated rings. The molecule has 0 aliphatic rings. The number of anilines is 1. The SMILES string of the molecule is CCS(=O)(=O)c1sc(N)nc1-c1ccc(Cl)cc1Cl. The van der Waals surface area contributed by atoms with Gasteiger partial charge in [0.1, 0.15) is 9.90 Å². The van der Waals surface area contributed by atoms with E-state index in [2.05, 4.69) is 4.98 Å². The fraction of sp³-hybridized carbons (Fsp3) is 0.182. The molecular formula is C11H10Cl2N2O2S2. The summed E-state index contributed by atoms with van der Waals surface area (Å²) in [4.78, 5) is 4.08. The lowest BCUT2D eigenvalue weighted by molar-refractivity contribution is 0.599. The molecule has 8 heteroatoms. The van der Waals surface area contributed by atoms with Gasteiger partial charge in [-0.1, -0.05) is 41.5 Å². The molecule has 102 valence electrons. The zero-order valence-electron chi connectivity index (χ0n) is 9.85. The highest BCUT2D eigenvalue weighted by Gasteiger charge is 2.24. The number of nitrogens with zero attached hydrogens (tertiary/aromatic N) is 1. The molecule has 0 bridgehead atoms. The lowest BCUT2D eigenvalue weighted by atomic mass is 10.2. The summed E-state index contributed by atoms with van der Waals surface area (Å²) in [7, 11) is -3.40. The number of thiazole rings is 1. The van der Waals surface area contributed by atoms with Gasteiger partial charge in [-0.25, -0.2) is 13.4 Å². The molecule has 0 aliphatic heterocycles. The van der Waals surface area contributed by atoms with Crippen LogP contribution in [0, 0.1) is 0 Å². The summed E-state index contributed by atoms with van der Waals surface area (Å²) >= 11 is 12.8. The first-order valence-electron chi connectivity index (χ1n) is 5.29. The van der Waals surface area contributed by atoms with Crippen molar-refractivity contribution in [1.82, 2.24) is 4.98 Å². The molecule has 0 spiro atoms. The number of nitrogen functional groups attached to an aromatic ring is 1. The second-order valence-electron chi connectivity index (χ2n) is 3.72. The highest BCUT2D eigenvalue weighted by molar-refractivity contribution is 7.93. The van der Waals surface area contributed by atoms with Gasteiger partial charge < -0.3 is 5.73 Å². The van der Waals surface area contributed by atoms with Crippen molar-refractivity contribution >= 4 is 49.5 Å². The van der Waals surface area contributed by atoms with Crippen molar-refractivity contribution in [1.29, 1.82) is 0 Å². The van der Waals surface area contributed by atoms with Crippen molar-refractivity contribution in [2.24, 2.45) is 0 Å². The van der Waals surface area contributed by atoms with Crippen LogP contribution in [0.4, 0.5) is 5.13 Å². The number of sulfone groups is 1. The van der Waals surface area contributed by atoms with E-state index < -0.39 is 9.84 Å². The van der Waals surface area contributed by atoms with Crippen LogP contribution in [0.15, 0.2) is 22.4 Å². The Morgan fingerprint density at radius 3 is 2.63 bits per heavy atom. The maximum absolute atomic E-state index is 12.0. The minimum atomic E-state index is -3.40. The molecule has 0 amide bonds. The second kappa shape index (κ2) is 5.28. The average Bonchev–Trinajstić information content (AvgIpc) is 2.72. The van der Waals surface area contributed by atoms with Crippen LogP contribution in [0.1, 0.15) is 6.92 Å². The molecule has 19 heavy (non-hydrogen) atoms. The molecule has 1 heterocycles. The Hall–Kier alpha value is -0.820. The smallest absolute Gasteiger partial charge is 0.189 e. The largest absolute Gasteiger partial charge is 0.375 e. The molecule has 0 radical (unpaired) electrons. The number of benzene rings is 1. The number of nitrogens with two attached hydrogens (primary N) is 1. The molecule has 0 unspecified atom stereocenters. The molecule has 0 saturated carbocycles. The topological polar surface area (TPSA) is 73.0 Å². The summed E-state index contributed by atoms with van der Waals surface area (Å²) < 4.78 is 24.2. The monoisotopic (exact) mass is 336 g/mol. The molecule has 0 aliphatic carbocycles. The lowest BCUT2D eigenvalue weighted by Gasteiger charge is -2.04. The van der Waals surface area contributed by atoms with Gasteiger partial charge >= 0.3 is 0 Å². The van der Waals surface area contributed by atoms with E-state index in [1.165, 1.54) is 6.07 Å². The predicted octanol–water partition coefficient (Wildman–Crippen LogP) is 3.49. The third kappa shape index (κ3) is 2.86. The van der Waals surface area contributed by atoms with E-state index in [0.29, 0.717) is 15.6 Å². The number of halogens is 2. The number of rotatable bonds is 3. The van der Waals surface area contributed by atoms with E-state index in [-0.39, 0.29) is 20.8 Å². The Kier molecular flexibility index (Phi) is 4.06. The highest BCUT2D eigenvalue weighted by atomic mass is 35.5. The van der Waals surface area contributed by atoms with Gasteiger partial charge in [0.05, 0.1) is 10.8 Å². The fourth-order valence-electron chi connectivity index (χ4n) is 1.52. The van der Waals surface area contributed by atoms with Crippen LogP contribution >= 0.6 is 34.5 Å². The molecule has 0 atom stereocenters.